The van der Waals surface area contributed by atoms with Crippen LogP contribution in [-0.2, 0) is 5.75 Å². The van der Waals surface area contributed by atoms with Crippen molar-refractivity contribution >= 4 is 23.1 Å². The Kier molecular flexibility index (Phi) is 4.73. The van der Waals surface area contributed by atoms with Gasteiger partial charge in [0.25, 0.3) is 0 Å². The highest BCUT2D eigenvalue weighted by Crippen LogP contribution is 2.31. The maximum Gasteiger partial charge on any atom is 0.120 e. The van der Waals surface area contributed by atoms with Crippen LogP contribution in [0, 0.1) is 5.21 Å². The molecular weight excluding hydrogens is 276 g/mol. The largest absolute Gasteiger partial charge is 0.733 e. The van der Waals surface area contributed by atoms with E-state index in [0.29, 0.717) is 11.4 Å². The zero-order valence-corrected chi connectivity index (χ0v) is 11.8. The highest BCUT2D eigenvalue weighted by Gasteiger charge is 2.03. The van der Waals surface area contributed by atoms with E-state index in [1.165, 1.54) is 0 Å². The average molecular weight is 291 g/mol. The smallest absolute Gasteiger partial charge is 0.120 e. The van der Waals surface area contributed by atoms with Crippen LogP contribution in [0.15, 0.2) is 47.4 Å². The van der Waals surface area contributed by atoms with Gasteiger partial charge in [0.1, 0.15) is 5.75 Å². The standard InChI is InChI=1S/C14H15N2O3S/c1-19-12-5-6-14(13(15)8-12)20-9-10-3-2-4-11(7-10)16(17)18/h2-8,17H,9,15H2,1H3/q-1. The normalized spacial score (nSPS) is 10.3. The van der Waals surface area contributed by atoms with Crippen LogP contribution in [0.25, 0.3) is 0 Å². The number of ether oxygens (including phenoxy) is 1. The Bertz CT molecular complexity index is 590. The third-order valence-electron chi connectivity index (χ3n) is 2.74. The summed E-state index contributed by atoms with van der Waals surface area (Å²) in [7, 11) is 1.59. The van der Waals surface area contributed by atoms with Gasteiger partial charge in [0.15, 0.2) is 0 Å². The number of anilines is 2. The molecule has 6 heteroatoms. The van der Waals surface area contributed by atoms with E-state index in [2.05, 4.69) is 0 Å². The van der Waals surface area contributed by atoms with Crippen LogP contribution in [0.2, 0.25) is 0 Å². The maximum absolute atomic E-state index is 10.8. The summed E-state index contributed by atoms with van der Waals surface area (Å²) in [6.07, 6.45) is 0. The average Bonchev–Trinajstić information content (AvgIpc) is 2.46. The Morgan fingerprint density at radius 1 is 1.30 bits per heavy atom. The van der Waals surface area contributed by atoms with Crippen molar-refractivity contribution in [1.29, 1.82) is 0 Å². The summed E-state index contributed by atoms with van der Waals surface area (Å²) < 4.78 is 5.10. The fourth-order valence-electron chi connectivity index (χ4n) is 1.71. The predicted octanol–water partition coefficient (Wildman–Crippen LogP) is 3.26. The van der Waals surface area contributed by atoms with E-state index in [0.717, 1.165) is 16.2 Å². The zero-order valence-electron chi connectivity index (χ0n) is 10.9. The lowest BCUT2D eigenvalue weighted by atomic mass is 10.2. The van der Waals surface area contributed by atoms with E-state index in [-0.39, 0.29) is 10.9 Å². The lowest BCUT2D eigenvalue weighted by Gasteiger charge is -2.21. The summed E-state index contributed by atoms with van der Waals surface area (Å²) in [5.41, 5.74) is 7.73. The van der Waals surface area contributed by atoms with E-state index in [1.807, 2.05) is 18.2 Å². The van der Waals surface area contributed by atoms with Gasteiger partial charge in [-0.3, -0.25) is 5.21 Å². The Morgan fingerprint density at radius 3 is 2.75 bits per heavy atom. The molecule has 3 N–H and O–H groups in total. The lowest BCUT2D eigenvalue weighted by Crippen LogP contribution is -2.06. The second kappa shape index (κ2) is 6.51. The van der Waals surface area contributed by atoms with Crippen molar-refractivity contribution in [2.75, 3.05) is 18.1 Å². The summed E-state index contributed by atoms with van der Waals surface area (Å²) in [4.78, 5) is 0.944. The molecule has 0 aliphatic heterocycles. The molecule has 0 bridgehead atoms. The maximum atomic E-state index is 10.8. The quantitative estimate of drug-likeness (QED) is 0.500. The number of hydrogen-bond donors (Lipinski definition) is 2. The number of hydrogen-bond acceptors (Lipinski definition) is 6. The van der Waals surface area contributed by atoms with Crippen LogP contribution in [0.1, 0.15) is 5.56 Å². The molecule has 0 saturated heterocycles. The Labute approximate surface area is 121 Å². The van der Waals surface area contributed by atoms with Gasteiger partial charge >= 0.3 is 0 Å². The Balaban J connectivity index is 2.07. The fourth-order valence-corrected chi connectivity index (χ4v) is 2.60. The molecule has 2 aromatic rings. The number of methoxy groups -OCH3 is 1. The van der Waals surface area contributed by atoms with E-state index >= 15 is 0 Å². The van der Waals surface area contributed by atoms with Gasteiger partial charge in [0.2, 0.25) is 0 Å². The molecule has 0 saturated carbocycles. The van der Waals surface area contributed by atoms with Gasteiger partial charge < -0.3 is 20.9 Å². The van der Waals surface area contributed by atoms with Crippen LogP contribution in [-0.4, -0.2) is 12.3 Å². The van der Waals surface area contributed by atoms with Crippen LogP contribution >= 0.6 is 11.8 Å². The highest BCUT2D eigenvalue weighted by atomic mass is 32.2. The van der Waals surface area contributed by atoms with E-state index in [1.54, 1.807) is 43.1 Å². The molecule has 0 radical (unpaired) electrons. The van der Waals surface area contributed by atoms with Crippen molar-refractivity contribution in [2.24, 2.45) is 0 Å². The van der Waals surface area contributed by atoms with Gasteiger partial charge in [0.05, 0.1) is 12.8 Å². The number of nitrogens with zero attached hydrogens (tertiary/aromatic N) is 1. The van der Waals surface area contributed by atoms with Crippen LogP contribution in [0.5, 0.6) is 5.75 Å². The molecule has 0 spiro atoms. The number of rotatable bonds is 5. The summed E-state index contributed by atoms with van der Waals surface area (Å²) in [5, 5.41) is 19.6. The van der Waals surface area contributed by atoms with Gasteiger partial charge in [0, 0.05) is 22.4 Å². The molecule has 0 heterocycles. The molecule has 2 rings (SSSR count). The topological polar surface area (TPSA) is 81.8 Å². The van der Waals surface area contributed by atoms with Gasteiger partial charge in [-0.2, -0.15) is 0 Å². The molecule has 0 aliphatic carbocycles. The first kappa shape index (κ1) is 14.5. The molecule has 0 aromatic heterocycles. The monoisotopic (exact) mass is 291 g/mol. The van der Waals surface area contributed by atoms with Crippen molar-refractivity contribution < 1.29 is 9.94 Å². The van der Waals surface area contributed by atoms with Crippen molar-refractivity contribution in [3.05, 3.63) is 53.2 Å². The zero-order chi connectivity index (χ0) is 14.5. The second-order valence-electron chi connectivity index (χ2n) is 4.14. The number of benzene rings is 2. The van der Waals surface area contributed by atoms with Crippen molar-refractivity contribution in [1.82, 2.24) is 0 Å². The molecule has 0 fully saturated rings. The molecule has 0 aliphatic rings. The minimum atomic E-state index is -0.143. The van der Waals surface area contributed by atoms with E-state index < -0.39 is 0 Å². The third kappa shape index (κ3) is 3.57. The first-order valence-electron chi connectivity index (χ1n) is 5.91. The summed E-state index contributed by atoms with van der Waals surface area (Å²) in [5.74, 6) is 1.37. The van der Waals surface area contributed by atoms with Gasteiger partial charge in [-0.25, -0.2) is 0 Å². The minimum absolute atomic E-state index is 0.143. The van der Waals surface area contributed by atoms with Crippen LogP contribution in [0.4, 0.5) is 11.4 Å². The number of thioether (sulfide) groups is 1. The number of nitrogen functional groups attached to an aromatic ring is 1. The Morgan fingerprint density at radius 2 is 2.10 bits per heavy atom. The highest BCUT2D eigenvalue weighted by molar-refractivity contribution is 7.98. The first-order chi connectivity index (χ1) is 9.60. The van der Waals surface area contributed by atoms with Crippen LogP contribution in [0.3, 0.4) is 0 Å². The van der Waals surface area contributed by atoms with Crippen molar-refractivity contribution in [3.8, 4) is 5.75 Å². The lowest BCUT2D eigenvalue weighted by molar-refractivity contribution is 0.296. The van der Waals surface area contributed by atoms with Crippen molar-refractivity contribution in [2.45, 2.75) is 10.6 Å². The molecule has 0 unspecified atom stereocenters. The third-order valence-corrected chi connectivity index (χ3v) is 3.90. The number of nitrogens with two attached hydrogens (primary N) is 1. The van der Waals surface area contributed by atoms with Gasteiger partial charge in [-0.1, -0.05) is 12.1 Å². The van der Waals surface area contributed by atoms with Crippen molar-refractivity contribution in [3.63, 3.8) is 0 Å². The van der Waals surface area contributed by atoms with E-state index in [9.17, 15) is 5.21 Å². The summed E-state index contributed by atoms with van der Waals surface area (Å²) >= 11 is 1.56. The van der Waals surface area contributed by atoms with Gasteiger partial charge in [-0.15, -0.1) is 11.8 Å². The molecule has 106 valence electrons. The molecule has 0 atom stereocenters. The molecule has 2 aromatic carbocycles. The minimum Gasteiger partial charge on any atom is -0.733 e. The SMILES string of the molecule is COc1ccc(SCc2cccc(N([O-])O)c2)c(N)c1. The molecule has 0 amide bonds. The fraction of sp³-hybridized carbons (Fsp3) is 0.143. The predicted molar refractivity (Wildman–Crippen MR) is 81.0 cm³/mol. The molecular formula is C14H15N2O3S-. The van der Waals surface area contributed by atoms with Crippen LogP contribution < -0.4 is 15.7 Å². The van der Waals surface area contributed by atoms with Gasteiger partial charge in [-0.05, 0) is 29.8 Å². The first-order valence-corrected chi connectivity index (χ1v) is 6.90. The summed E-state index contributed by atoms with van der Waals surface area (Å²) in [6, 6.07) is 12.3. The summed E-state index contributed by atoms with van der Waals surface area (Å²) in [6.45, 7) is 0. The second-order valence-corrected chi connectivity index (χ2v) is 5.15. The Hall–Kier alpha value is -1.89. The molecule has 5 nitrogen and oxygen atoms in total. The molecule has 20 heavy (non-hydrogen) atoms. The van der Waals surface area contributed by atoms with E-state index in [4.69, 9.17) is 15.7 Å².